The minimum atomic E-state index is -0.237. The Labute approximate surface area is 151 Å². The van der Waals surface area contributed by atoms with E-state index in [9.17, 15) is 4.79 Å². The lowest BCUT2D eigenvalue weighted by atomic mass is 10.1. The van der Waals surface area contributed by atoms with Gasteiger partial charge in [0.1, 0.15) is 17.8 Å². The molecule has 1 amide bonds. The van der Waals surface area contributed by atoms with Gasteiger partial charge in [-0.1, -0.05) is 24.3 Å². The second-order valence-electron chi connectivity index (χ2n) is 6.32. The number of aromatic nitrogens is 3. The van der Waals surface area contributed by atoms with Crippen molar-refractivity contribution < 1.29 is 4.79 Å². The van der Waals surface area contributed by atoms with Gasteiger partial charge in [-0.25, -0.2) is 9.97 Å². The van der Waals surface area contributed by atoms with Gasteiger partial charge in [0.15, 0.2) is 0 Å². The number of fused-ring (bicyclic) bond motifs is 1. The number of nitrogens with one attached hydrogen (secondary N) is 1. The highest BCUT2D eigenvalue weighted by atomic mass is 16.1. The fraction of sp³-hybridized carbons (Fsp3) is 0.200. The minimum Gasteiger partial charge on any atom is -0.345 e. The Hall–Kier alpha value is -3.28. The third-order valence-electron chi connectivity index (χ3n) is 4.50. The molecule has 1 aliphatic rings. The van der Waals surface area contributed by atoms with Gasteiger partial charge in [0, 0.05) is 24.0 Å². The Morgan fingerprint density at radius 2 is 2.00 bits per heavy atom. The highest BCUT2D eigenvalue weighted by Crippen LogP contribution is 2.36. The lowest BCUT2D eigenvalue weighted by Gasteiger charge is -2.23. The van der Waals surface area contributed by atoms with Gasteiger partial charge < -0.3 is 10.2 Å². The molecule has 0 bridgehead atoms. The molecule has 2 aromatic heterocycles. The zero-order chi connectivity index (χ0) is 17.9. The van der Waals surface area contributed by atoms with Gasteiger partial charge in [0.25, 0.3) is 5.91 Å². The summed E-state index contributed by atoms with van der Waals surface area (Å²) in [5.41, 5.74) is 3.58. The fourth-order valence-corrected chi connectivity index (χ4v) is 3.28. The van der Waals surface area contributed by atoms with Crippen LogP contribution in [0.15, 0.2) is 61.1 Å². The smallest absolute Gasteiger partial charge is 0.270 e. The summed E-state index contributed by atoms with van der Waals surface area (Å²) < 4.78 is 0. The van der Waals surface area contributed by atoms with Crippen molar-refractivity contribution in [2.75, 3.05) is 4.90 Å². The SMILES string of the molecule is CC1Cc2ccccc2N1c1cc(C(=O)NCc2ccccn2)ncn1. The molecule has 6 nitrogen and oxygen atoms in total. The van der Waals surface area contributed by atoms with E-state index >= 15 is 0 Å². The van der Waals surface area contributed by atoms with Gasteiger partial charge in [-0.15, -0.1) is 0 Å². The van der Waals surface area contributed by atoms with Crippen LogP contribution >= 0.6 is 0 Å². The maximum Gasteiger partial charge on any atom is 0.270 e. The van der Waals surface area contributed by atoms with Gasteiger partial charge in [-0.05, 0) is 37.1 Å². The maximum atomic E-state index is 12.5. The molecule has 1 unspecified atom stereocenters. The van der Waals surface area contributed by atoms with Crippen LogP contribution < -0.4 is 10.2 Å². The number of hydrogen-bond donors (Lipinski definition) is 1. The van der Waals surface area contributed by atoms with E-state index in [-0.39, 0.29) is 11.9 Å². The lowest BCUT2D eigenvalue weighted by Crippen LogP contribution is -2.27. The van der Waals surface area contributed by atoms with Crippen LogP contribution in [0.3, 0.4) is 0 Å². The minimum absolute atomic E-state index is 0.237. The molecule has 4 rings (SSSR count). The van der Waals surface area contributed by atoms with Crippen molar-refractivity contribution in [3.05, 3.63) is 78.0 Å². The Balaban J connectivity index is 1.54. The molecular weight excluding hydrogens is 326 g/mol. The largest absolute Gasteiger partial charge is 0.345 e. The van der Waals surface area contributed by atoms with Crippen LogP contribution in [0.4, 0.5) is 11.5 Å². The van der Waals surface area contributed by atoms with Crippen molar-refractivity contribution in [1.29, 1.82) is 0 Å². The van der Waals surface area contributed by atoms with Crippen molar-refractivity contribution in [3.63, 3.8) is 0 Å². The number of nitrogens with zero attached hydrogens (tertiary/aromatic N) is 4. The molecule has 6 heteroatoms. The van der Waals surface area contributed by atoms with Crippen LogP contribution in [0.2, 0.25) is 0 Å². The molecule has 0 radical (unpaired) electrons. The third kappa shape index (κ3) is 3.13. The van der Waals surface area contributed by atoms with E-state index in [1.165, 1.54) is 11.9 Å². The molecule has 26 heavy (non-hydrogen) atoms. The number of carbonyl (C=O) groups is 1. The number of benzene rings is 1. The summed E-state index contributed by atoms with van der Waals surface area (Å²) in [4.78, 5) is 27.4. The molecule has 0 saturated heterocycles. The predicted molar refractivity (Wildman–Crippen MR) is 99.2 cm³/mol. The normalized spacial score (nSPS) is 15.6. The first kappa shape index (κ1) is 16.2. The number of hydrogen-bond acceptors (Lipinski definition) is 5. The molecule has 1 aliphatic heterocycles. The molecule has 1 aromatic carbocycles. The van der Waals surface area contributed by atoms with Crippen LogP contribution in [-0.2, 0) is 13.0 Å². The monoisotopic (exact) mass is 345 g/mol. The number of carbonyl (C=O) groups excluding carboxylic acids is 1. The summed E-state index contributed by atoms with van der Waals surface area (Å²) in [5.74, 6) is 0.500. The van der Waals surface area contributed by atoms with Crippen molar-refractivity contribution in [1.82, 2.24) is 20.3 Å². The number of amides is 1. The Bertz CT molecular complexity index is 928. The molecule has 0 aliphatic carbocycles. The van der Waals surface area contributed by atoms with E-state index in [1.54, 1.807) is 12.3 Å². The number of rotatable bonds is 4. The van der Waals surface area contributed by atoms with E-state index in [1.807, 2.05) is 30.3 Å². The summed E-state index contributed by atoms with van der Waals surface area (Å²) in [6, 6.07) is 15.9. The fourth-order valence-electron chi connectivity index (χ4n) is 3.28. The average molecular weight is 345 g/mol. The number of para-hydroxylation sites is 1. The Morgan fingerprint density at radius 3 is 2.85 bits per heavy atom. The lowest BCUT2D eigenvalue weighted by molar-refractivity contribution is 0.0945. The first-order valence-corrected chi connectivity index (χ1v) is 8.59. The Morgan fingerprint density at radius 1 is 1.15 bits per heavy atom. The van der Waals surface area contributed by atoms with Crippen molar-refractivity contribution in [2.24, 2.45) is 0 Å². The standard InChI is InChI=1S/C20H19N5O/c1-14-10-15-6-2-3-8-18(15)25(14)19-11-17(23-13-24-19)20(26)22-12-16-7-4-5-9-21-16/h2-9,11,13-14H,10,12H2,1H3,(H,22,26). The summed E-state index contributed by atoms with van der Waals surface area (Å²) in [5, 5.41) is 2.85. The highest BCUT2D eigenvalue weighted by Gasteiger charge is 2.28. The first-order valence-electron chi connectivity index (χ1n) is 8.59. The van der Waals surface area contributed by atoms with Gasteiger partial charge in [-0.3, -0.25) is 9.78 Å². The van der Waals surface area contributed by atoms with Crippen LogP contribution in [0.5, 0.6) is 0 Å². The van der Waals surface area contributed by atoms with Gasteiger partial charge >= 0.3 is 0 Å². The third-order valence-corrected chi connectivity index (χ3v) is 4.50. The maximum absolute atomic E-state index is 12.5. The molecule has 0 saturated carbocycles. The molecule has 1 atom stereocenters. The predicted octanol–water partition coefficient (Wildman–Crippen LogP) is 2.88. The van der Waals surface area contributed by atoms with Gasteiger partial charge in [0.2, 0.25) is 0 Å². The molecule has 0 spiro atoms. The number of anilines is 2. The van der Waals surface area contributed by atoms with E-state index in [0.717, 1.165) is 23.6 Å². The van der Waals surface area contributed by atoms with E-state index in [4.69, 9.17) is 0 Å². The van der Waals surface area contributed by atoms with Gasteiger partial charge in [-0.2, -0.15) is 0 Å². The molecule has 1 N–H and O–H groups in total. The first-order chi connectivity index (χ1) is 12.7. The summed E-state index contributed by atoms with van der Waals surface area (Å²) in [6.07, 6.45) is 4.11. The van der Waals surface area contributed by atoms with E-state index in [0.29, 0.717) is 12.2 Å². The Kier molecular flexibility index (Phi) is 4.31. The van der Waals surface area contributed by atoms with Crippen LogP contribution in [-0.4, -0.2) is 26.9 Å². The highest BCUT2D eigenvalue weighted by molar-refractivity contribution is 5.93. The molecule has 3 heterocycles. The second kappa shape index (κ2) is 6.92. The van der Waals surface area contributed by atoms with Crippen molar-refractivity contribution in [2.45, 2.75) is 25.9 Å². The van der Waals surface area contributed by atoms with Crippen LogP contribution in [0.1, 0.15) is 28.7 Å². The van der Waals surface area contributed by atoms with Crippen LogP contribution in [0.25, 0.3) is 0 Å². The quantitative estimate of drug-likeness (QED) is 0.787. The summed E-state index contributed by atoms with van der Waals surface area (Å²) in [6.45, 7) is 2.52. The van der Waals surface area contributed by atoms with E-state index < -0.39 is 0 Å². The molecular formula is C20H19N5O. The van der Waals surface area contributed by atoms with Crippen LogP contribution in [0, 0.1) is 0 Å². The summed E-state index contributed by atoms with van der Waals surface area (Å²) in [7, 11) is 0. The summed E-state index contributed by atoms with van der Waals surface area (Å²) >= 11 is 0. The average Bonchev–Trinajstić information content (AvgIpc) is 3.02. The molecule has 3 aromatic rings. The number of pyridine rings is 1. The zero-order valence-electron chi connectivity index (χ0n) is 14.5. The second-order valence-corrected chi connectivity index (χ2v) is 6.32. The van der Waals surface area contributed by atoms with Crippen molar-refractivity contribution in [3.8, 4) is 0 Å². The topological polar surface area (TPSA) is 71.0 Å². The van der Waals surface area contributed by atoms with E-state index in [2.05, 4.69) is 44.2 Å². The molecule has 0 fully saturated rings. The zero-order valence-corrected chi connectivity index (χ0v) is 14.5. The van der Waals surface area contributed by atoms with Crippen molar-refractivity contribution >= 4 is 17.4 Å². The van der Waals surface area contributed by atoms with Gasteiger partial charge in [0.05, 0.1) is 12.2 Å². The molecule has 130 valence electrons.